The van der Waals surface area contributed by atoms with Crippen molar-refractivity contribution in [2.75, 3.05) is 24.2 Å². The standard InChI is InChI=1S/C18H19NO5S/c1-13-6-4-5-7-16(13)18(21)24-12-17(20)14-8-10-15(11-9-14)19(2)25(3,22)23/h4-11H,12H2,1-3H3. The Labute approximate surface area is 147 Å². The quantitative estimate of drug-likeness (QED) is 0.583. The van der Waals surface area contributed by atoms with Gasteiger partial charge < -0.3 is 4.74 Å². The average molecular weight is 361 g/mol. The molecule has 0 aliphatic carbocycles. The van der Waals surface area contributed by atoms with Crippen LogP contribution in [0, 0.1) is 6.92 Å². The minimum atomic E-state index is -3.37. The zero-order chi connectivity index (χ0) is 18.6. The molecule has 0 bridgehead atoms. The third-order valence-corrected chi connectivity index (χ3v) is 4.96. The molecule has 0 saturated heterocycles. The summed E-state index contributed by atoms with van der Waals surface area (Å²) >= 11 is 0. The van der Waals surface area contributed by atoms with Crippen molar-refractivity contribution in [3.63, 3.8) is 0 Å². The van der Waals surface area contributed by atoms with Crippen LogP contribution in [0.3, 0.4) is 0 Å². The summed E-state index contributed by atoms with van der Waals surface area (Å²) in [5, 5.41) is 0. The van der Waals surface area contributed by atoms with Gasteiger partial charge in [0, 0.05) is 12.6 Å². The summed E-state index contributed by atoms with van der Waals surface area (Å²) in [5.41, 5.74) is 1.97. The lowest BCUT2D eigenvalue weighted by molar-refractivity contribution is 0.0474. The highest BCUT2D eigenvalue weighted by Crippen LogP contribution is 2.17. The van der Waals surface area contributed by atoms with Gasteiger partial charge >= 0.3 is 5.97 Å². The number of sulfonamides is 1. The van der Waals surface area contributed by atoms with Gasteiger partial charge in [-0.05, 0) is 42.8 Å². The first kappa shape index (κ1) is 18.7. The van der Waals surface area contributed by atoms with Crippen LogP contribution >= 0.6 is 0 Å². The second kappa shape index (κ2) is 7.48. The molecule has 132 valence electrons. The van der Waals surface area contributed by atoms with Crippen molar-refractivity contribution >= 4 is 27.5 Å². The van der Waals surface area contributed by atoms with Crippen LogP contribution in [-0.4, -0.2) is 40.1 Å². The molecular weight excluding hydrogens is 342 g/mol. The van der Waals surface area contributed by atoms with Crippen molar-refractivity contribution in [1.82, 2.24) is 0 Å². The van der Waals surface area contributed by atoms with Gasteiger partial charge in [0.25, 0.3) is 0 Å². The third-order valence-electron chi connectivity index (χ3n) is 3.75. The predicted octanol–water partition coefficient (Wildman–Crippen LogP) is 2.43. The first-order chi connectivity index (χ1) is 11.7. The Morgan fingerprint density at radius 3 is 2.20 bits per heavy atom. The molecule has 0 radical (unpaired) electrons. The lowest BCUT2D eigenvalue weighted by Crippen LogP contribution is -2.24. The fraction of sp³-hybridized carbons (Fsp3) is 0.222. The molecule has 25 heavy (non-hydrogen) atoms. The van der Waals surface area contributed by atoms with Gasteiger partial charge in [-0.25, -0.2) is 13.2 Å². The van der Waals surface area contributed by atoms with Crippen LogP contribution in [0.1, 0.15) is 26.3 Å². The molecule has 0 fully saturated rings. The summed E-state index contributed by atoms with van der Waals surface area (Å²) in [7, 11) is -1.94. The Morgan fingerprint density at radius 1 is 1.04 bits per heavy atom. The second-order valence-corrected chi connectivity index (χ2v) is 7.61. The minimum absolute atomic E-state index is 0.336. The van der Waals surface area contributed by atoms with Crippen molar-refractivity contribution in [2.24, 2.45) is 0 Å². The maximum absolute atomic E-state index is 12.1. The normalized spacial score (nSPS) is 11.0. The summed E-state index contributed by atoms with van der Waals surface area (Å²) in [4.78, 5) is 24.1. The van der Waals surface area contributed by atoms with Crippen LogP contribution in [0.2, 0.25) is 0 Å². The highest BCUT2D eigenvalue weighted by molar-refractivity contribution is 7.92. The van der Waals surface area contributed by atoms with Crippen molar-refractivity contribution in [3.05, 3.63) is 65.2 Å². The molecule has 2 rings (SSSR count). The summed E-state index contributed by atoms with van der Waals surface area (Å²) in [6.45, 7) is 1.41. The molecule has 0 spiro atoms. The SMILES string of the molecule is Cc1ccccc1C(=O)OCC(=O)c1ccc(N(C)S(C)(=O)=O)cc1. The molecule has 7 heteroatoms. The Hall–Kier alpha value is -2.67. The number of hydrogen-bond donors (Lipinski definition) is 0. The molecule has 0 atom stereocenters. The average Bonchev–Trinajstić information content (AvgIpc) is 2.58. The zero-order valence-electron chi connectivity index (χ0n) is 14.2. The summed E-state index contributed by atoms with van der Waals surface area (Å²) < 4.78 is 29.2. The lowest BCUT2D eigenvalue weighted by atomic mass is 10.1. The van der Waals surface area contributed by atoms with Crippen LogP contribution < -0.4 is 4.31 Å². The molecule has 2 aromatic rings. The number of benzene rings is 2. The van der Waals surface area contributed by atoms with Gasteiger partial charge in [0.05, 0.1) is 17.5 Å². The van der Waals surface area contributed by atoms with Crippen molar-refractivity contribution in [3.8, 4) is 0 Å². The van der Waals surface area contributed by atoms with E-state index in [0.717, 1.165) is 16.1 Å². The molecule has 0 unspecified atom stereocenters. The van der Waals surface area contributed by atoms with E-state index in [0.29, 0.717) is 16.8 Å². The van der Waals surface area contributed by atoms with Gasteiger partial charge in [-0.3, -0.25) is 9.10 Å². The number of hydrogen-bond acceptors (Lipinski definition) is 5. The van der Waals surface area contributed by atoms with E-state index in [4.69, 9.17) is 4.74 Å². The maximum Gasteiger partial charge on any atom is 0.338 e. The van der Waals surface area contributed by atoms with Crippen LogP contribution in [0.25, 0.3) is 0 Å². The number of anilines is 1. The molecule has 0 saturated carbocycles. The first-order valence-corrected chi connectivity index (χ1v) is 9.35. The van der Waals surface area contributed by atoms with E-state index >= 15 is 0 Å². The Kier molecular flexibility index (Phi) is 5.58. The number of aryl methyl sites for hydroxylation is 1. The topological polar surface area (TPSA) is 80.8 Å². The van der Waals surface area contributed by atoms with Crippen molar-refractivity contribution in [2.45, 2.75) is 6.92 Å². The highest BCUT2D eigenvalue weighted by atomic mass is 32.2. The van der Waals surface area contributed by atoms with Gasteiger partial charge in [-0.15, -0.1) is 0 Å². The monoisotopic (exact) mass is 361 g/mol. The number of nitrogens with zero attached hydrogens (tertiary/aromatic N) is 1. The molecule has 0 aliphatic rings. The fourth-order valence-corrected chi connectivity index (χ4v) is 2.65. The Morgan fingerprint density at radius 2 is 1.64 bits per heavy atom. The third kappa shape index (κ3) is 4.67. The zero-order valence-corrected chi connectivity index (χ0v) is 15.0. The van der Waals surface area contributed by atoms with Gasteiger partial charge in [0.2, 0.25) is 10.0 Å². The lowest BCUT2D eigenvalue weighted by Gasteiger charge is -2.16. The minimum Gasteiger partial charge on any atom is -0.454 e. The number of carbonyl (C=O) groups excluding carboxylic acids is 2. The smallest absolute Gasteiger partial charge is 0.338 e. The molecule has 2 aromatic carbocycles. The molecule has 0 heterocycles. The van der Waals surface area contributed by atoms with Crippen molar-refractivity contribution < 1.29 is 22.7 Å². The number of carbonyl (C=O) groups is 2. The molecule has 0 aromatic heterocycles. The predicted molar refractivity (Wildman–Crippen MR) is 95.5 cm³/mol. The molecule has 0 aliphatic heterocycles. The van der Waals surface area contributed by atoms with E-state index in [1.165, 1.54) is 31.3 Å². The van der Waals surface area contributed by atoms with E-state index in [1.54, 1.807) is 25.1 Å². The number of esters is 1. The fourth-order valence-electron chi connectivity index (χ4n) is 2.14. The maximum atomic E-state index is 12.1. The molecular formula is C18H19NO5S. The molecule has 0 amide bonds. The van der Waals surface area contributed by atoms with E-state index in [2.05, 4.69) is 0 Å². The summed E-state index contributed by atoms with van der Waals surface area (Å²) in [6.07, 6.45) is 1.09. The van der Waals surface area contributed by atoms with Crippen LogP contribution in [-0.2, 0) is 14.8 Å². The van der Waals surface area contributed by atoms with Crippen LogP contribution in [0.5, 0.6) is 0 Å². The largest absolute Gasteiger partial charge is 0.454 e. The summed E-state index contributed by atoms with van der Waals surface area (Å²) in [6, 6.07) is 13.0. The molecule has 0 N–H and O–H groups in total. The van der Waals surface area contributed by atoms with Gasteiger partial charge in [0.15, 0.2) is 12.4 Å². The Balaban J connectivity index is 2.02. The Bertz CT molecular complexity index is 888. The van der Waals surface area contributed by atoms with Gasteiger partial charge in [0.1, 0.15) is 0 Å². The van der Waals surface area contributed by atoms with Gasteiger partial charge in [-0.2, -0.15) is 0 Å². The van der Waals surface area contributed by atoms with Crippen LogP contribution in [0.4, 0.5) is 5.69 Å². The number of Topliss-reactive ketones (excluding diaryl/α,β-unsaturated/α-hetero) is 1. The molecule has 6 nitrogen and oxygen atoms in total. The van der Waals surface area contributed by atoms with E-state index in [9.17, 15) is 18.0 Å². The van der Waals surface area contributed by atoms with E-state index in [-0.39, 0.29) is 12.4 Å². The van der Waals surface area contributed by atoms with Crippen LogP contribution in [0.15, 0.2) is 48.5 Å². The van der Waals surface area contributed by atoms with Crippen molar-refractivity contribution in [1.29, 1.82) is 0 Å². The number of ether oxygens (including phenoxy) is 1. The van der Waals surface area contributed by atoms with E-state index in [1.807, 2.05) is 6.07 Å². The van der Waals surface area contributed by atoms with E-state index < -0.39 is 16.0 Å². The second-order valence-electron chi connectivity index (χ2n) is 5.59. The number of ketones is 1. The van der Waals surface area contributed by atoms with Gasteiger partial charge in [-0.1, -0.05) is 18.2 Å². The first-order valence-electron chi connectivity index (χ1n) is 7.50. The highest BCUT2D eigenvalue weighted by Gasteiger charge is 2.15. The number of rotatable bonds is 6. The summed E-state index contributed by atoms with van der Waals surface area (Å²) in [5.74, 6) is -0.921.